The van der Waals surface area contributed by atoms with Crippen molar-refractivity contribution in [3.63, 3.8) is 0 Å². The van der Waals surface area contributed by atoms with E-state index < -0.39 is 0 Å². The molecule has 0 saturated carbocycles. The molecule has 0 radical (unpaired) electrons. The van der Waals surface area contributed by atoms with Gasteiger partial charge in [-0.1, -0.05) is 12.1 Å². The highest BCUT2D eigenvalue weighted by atomic mass is 16.5. The normalized spacial score (nSPS) is 14.7. The Balaban J connectivity index is 2.65. The number of aryl methyl sites for hydroxylation is 1. The van der Waals surface area contributed by atoms with Crippen molar-refractivity contribution in [3.8, 4) is 0 Å². The van der Waals surface area contributed by atoms with E-state index in [2.05, 4.69) is 36.4 Å². The minimum Gasteiger partial charge on any atom is -0.382 e. The minimum atomic E-state index is 0.293. The minimum absolute atomic E-state index is 0.293. The van der Waals surface area contributed by atoms with Crippen LogP contribution in [0.3, 0.4) is 0 Å². The summed E-state index contributed by atoms with van der Waals surface area (Å²) in [6.07, 6.45) is 5.37. The van der Waals surface area contributed by atoms with Gasteiger partial charge in [0.05, 0.1) is 24.0 Å². The molecule has 1 heterocycles. The summed E-state index contributed by atoms with van der Waals surface area (Å²) in [5.74, 6) is 0. The number of methoxy groups -OCH3 is 1. The molecule has 0 aliphatic heterocycles. The second kappa shape index (κ2) is 8.21. The van der Waals surface area contributed by atoms with Crippen molar-refractivity contribution in [2.45, 2.75) is 58.7 Å². The molecule has 0 amide bonds. The number of rotatable bonds is 9. The Hall–Kier alpha value is -0.940. The predicted molar refractivity (Wildman–Crippen MR) is 72.4 cm³/mol. The first-order valence-corrected chi connectivity index (χ1v) is 6.87. The van der Waals surface area contributed by atoms with E-state index in [4.69, 9.17) is 4.74 Å². The van der Waals surface area contributed by atoms with Crippen molar-refractivity contribution in [2.75, 3.05) is 13.7 Å². The van der Waals surface area contributed by atoms with Crippen LogP contribution in [0.15, 0.2) is 6.20 Å². The summed E-state index contributed by atoms with van der Waals surface area (Å²) in [5.41, 5.74) is 1.18. The molecule has 0 aromatic carbocycles. The van der Waals surface area contributed by atoms with Crippen LogP contribution in [0, 0.1) is 0 Å². The van der Waals surface area contributed by atoms with Crippen LogP contribution in [0.25, 0.3) is 0 Å². The third kappa shape index (κ3) is 4.38. The number of hydrogen-bond donors (Lipinski definition) is 1. The first kappa shape index (κ1) is 15.1. The van der Waals surface area contributed by atoms with Gasteiger partial charge < -0.3 is 10.1 Å². The largest absolute Gasteiger partial charge is 0.382 e. The van der Waals surface area contributed by atoms with E-state index in [1.165, 1.54) is 5.69 Å². The number of nitrogens with one attached hydrogen (secondary N) is 1. The Morgan fingerprint density at radius 1 is 1.39 bits per heavy atom. The maximum absolute atomic E-state index is 5.31. The highest BCUT2D eigenvalue weighted by molar-refractivity contribution is 5.02. The molecule has 5 nitrogen and oxygen atoms in total. The summed E-state index contributed by atoms with van der Waals surface area (Å²) in [4.78, 5) is 0. The van der Waals surface area contributed by atoms with E-state index >= 15 is 0 Å². The molecule has 1 rings (SSSR count). The summed E-state index contributed by atoms with van der Waals surface area (Å²) in [5, 5.41) is 11.7. The molecule has 104 valence electrons. The Bertz CT molecular complexity index is 327. The molecule has 2 atom stereocenters. The van der Waals surface area contributed by atoms with Gasteiger partial charge in [0.1, 0.15) is 0 Å². The zero-order valence-electron chi connectivity index (χ0n) is 12.0. The molecule has 0 spiro atoms. The molecule has 1 N–H and O–H groups in total. The third-order valence-electron chi connectivity index (χ3n) is 3.21. The molecule has 18 heavy (non-hydrogen) atoms. The van der Waals surface area contributed by atoms with Crippen LogP contribution >= 0.6 is 0 Å². The van der Waals surface area contributed by atoms with Crippen molar-refractivity contribution in [2.24, 2.45) is 0 Å². The van der Waals surface area contributed by atoms with Crippen LogP contribution in [0.1, 0.15) is 51.8 Å². The van der Waals surface area contributed by atoms with Gasteiger partial charge in [0.2, 0.25) is 0 Å². The van der Waals surface area contributed by atoms with Gasteiger partial charge in [-0.2, -0.15) is 0 Å². The van der Waals surface area contributed by atoms with Crippen LogP contribution in [0.2, 0.25) is 0 Å². The van der Waals surface area contributed by atoms with Gasteiger partial charge in [-0.15, -0.1) is 5.10 Å². The van der Waals surface area contributed by atoms with E-state index in [1.54, 1.807) is 7.11 Å². The van der Waals surface area contributed by atoms with Gasteiger partial charge in [0, 0.05) is 13.7 Å². The quantitative estimate of drug-likeness (QED) is 0.733. The number of ether oxygens (including phenoxy) is 1. The lowest BCUT2D eigenvalue weighted by molar-refractivity contribution is 0.105. The number of hydrogen-bond acceptors (Lipinski definition) is 4. The zero-order chi connectivity index (χ0) is 13.4. The van der Waals surface area contributed by atoms with Gasteiger partial charge in [0.25, 0.3) is 0 Å². The summed E-state index contributed by atoms with van der Waals surface area (Å²) < 4.78 is 7.28. The molecule has 0 bridgehead atoms. The second-order valence-corrected chi connectivity index (χ2v) is 4.61. The highest BCUT2D eigenvalue weighted by Crippen LogP contribution is 2.19. The molecule has 5 heteroatoms. The van der Waals surface area contributed by atoms with Crippen LogP contribution in [-0.2, 0) is 11.3 Å². The lowest BCUT2D eigenvalue weighted by Crippen LogP contribution is -2.26. The smallest absolute Gasteiger partial charge is 0.0756 e. The SMILES string of the molecule is CCCNC(CCC(C)OC)c1cnnn1CC. The van der Waals surface area contributed by atoms with Crippen LogP contribution in [-0.4, -0.2) is 34.8 Å². The Morgan fingerprint density at radius 2 is 2.17 bits per heavy atom. The number of nitrogens with zero attached hydrogens (tertiary/aromatic N) is 3. The Kier molecular flexibility index (Phi) is 6.90. The summed E-state index contributed by atoms with van der Waals surface area (Å²) >= 11 is 0. The van der Waals surface area contributed by atoms with Crippen molar-refractivity contribution in [3.05, 3.63) is 11.9 Å². The van der Waals surface area contributed by atoms with Crippen molar-refractivity contribution >= 4 is 0 Å². The summed E-state index contributed by atoms with van der Waals surface area (Å²) in [6, 6.07) is 0.317. The maximum Gasteiger partial charge on any atom is 0.0756 e. The first-order chi connectivity index (χ1) is 8.72. The molecule has 2 unspecified atom stereocenters. The van der Waals surface area contributed by atoms with Gasteiger partial charge in [-0.25, -0.2) is 4.68 Å². The molecular weight excluding hydrogens is 228 g/mol. The van der Waals surface area contributed by atoms with Gasteiger partial charge >= 0.3 is 0 Å². The van der Waals surface area contributed by atoms with E-state index in [0.29, 0.717) is 12.1 Å². The summed E-state index contributed by atoms with van der Waals surface area (Å²) in [6.45, 7) is 8.25. The predicted octanol–water partition coefficient (Wildman–Crippen LogP) is 2.15. The molecular formula is C13H26N4O. The second-order valence-electron chi connectivity index (χ2n) is 4.61. The van der Waals surface area contributed by atoms with E-state index in [9.17, 15) is 0 Å². The molecule has 1 aromatic heterocycles. The van der Waals surface area contributed by atoms with E-state index in [-0.39, 0.29) is 0 Å². The molecule has 0 aliphatic rings. The highest BCUT2D eigenvalue weighted by Gasteiger charge is 2.16. The standard InChI is InChI=1S/C13H26N4O/c1-5-9-14-12(8-7-11(3)18-4)13-10-15-16-17(13)6-2/h10-12,14H,5-9H2,1-4H3. The lowest BCUT2D eigenvalue weighted by atomic mass is 10.1. The van der Waals surface area contributed by atoms with E-state index in [1.807, 2.05) is 10.9 Å². The van der Waals surface area contributed by atoms with Gasteiger partial charge in [-0.05, 0) is 39.7 Å². The summed E-state index contributed by atoms with van der Waals surface area (Å²) in [7, 11) is 1.76. The van der Waals surface area contributed by atoms with Crippen LogP contribution in [0.5, 0.6) is 0 Å². The van der Waals surface area contributed by atoms with E-state index in [0.717, 1.165) is 32.4 Å². The monoisotopic (exact) mass is 254 g/mol. The van der Waals surface area contributed by atoms with Crippen LogP contribution in [0.4, 0.5) is 0 Å². The van der Waals surface area contributed by atoms with Gasteiger partial charge in [0.15, 0.2) is 0 Å². The topological polar surface area (TPSA) is 52.0 Å². The van der Waals surface area contributed by atoms with Gasteiger partial charge in [-0.3, -0.25) is 0 Å². The average Bonchev–Trinajstić information content (AvgIpc) is 2.86. The van der Waals surface area contributed by atoms with Crippen molar-refractivity contribution < 1.29 is 4.74 Å². The van der Waals surface area contributed by atoms with Crippen LogP contribution < -0.4 is 5.32 Å². The van der Waals surface area contributed by atoms with Crippen molar-refractivity contribution in [1.29, 1.82) is 0 Å². The molecule has 0 saturated heterocycles. The fraction of sp³-hybridized carbons (Fsp3) is 0.846. The Labute approximate surface area is 110 Å². The molecule has 0 aliphatic carbocycles. The molecule has 0 fully saturated rings. The van der Waals surface area contributed by atoms with Crippen molar-refractivity contribution in [1.82, 2.24) is 20.3 Å². The third-order valence-corrected chi connectivity index (χ3v) is 3.21. The zero-order valence-corrected chi connectivity index (χ0v) is 12.0. The number of aromatic nitrogens is 3. The molecule has 1 aromatic rings. The Morgan fingerprint density at radius 3 is 2.78 bits per heavy atom. The fourth-order valence-electron chi connectivity index (χ4n) is 1.97. The lowest BCUT2D eigenvalue weighted by Gasteiger charge is -2.20. The average molecular weight is 254 g/mol. The maximum atomic E-state index is 5.31. The first-order valence-electron chi connectivity index (χ1n) is 6.87. The fourth-order valence-corrected chi connectivity index (χ4v) is 1.97.